The Kier molecular flexibility index (Phi) is 6.89. The number of fused-ring (bicyclic) bond motifs is 1. The molecule has 0 radical (unpaired) electrons. The monoisotopic (exact) mass is 449 g/mol. The lowest BCUT2D eigenvalue weighted by Crippen LogP contribution is -2.19. The topological polar surface area (TPSA) is 94.8 Å². The summed E-state index contributed by atoms with van der Waals surface area (Å²) in [4.78, 5) is 10.9. The molecular weight excluding hydrogens is 422 g/mol. The first-order valence-electron chi connectivity index (χ1n) is 10.5. The SMILES string of the molecule is COc1cc(Nc2ncnc3cccc(OCCN(C)C)c23)ccc1OCc1cc(C)on1. The minimum Gasteiger partial charge on any atom is -0.493 e. The number of rotatable bonds is 10. The van der Waals surface area contributed by atoms with Gasteiger partial charge in [-0.2, -0.15) is 0 Å². The summed E-state index contributed by atoms with van der Waals surface area (Å²) >= 11 is 0. The van der Waals surface area contributed by atoms with E-state index in [0.29, 0.717) is 29.6 Å². The molecule has 0 saturated carbocycles. The summed E-state index contributed by atoms with van der Waals surface area (Å²) in [7, 11) is 5.62. The van der Waals surface area contributed by atoms with Gasteiger partial charge >= 0.3 is 0 Å². The molecule has 0 aliphatic heterocycles. The van der Waals surface area contributed by atoms with Gasteiger partial charge in [-0.05, 0) is 45.3 Å². The lowest BCUT2D eigenvalue weighted by atomic mass is 10.2. The van der Waals surface area contributed by atoms with Crippen LogP contribution in [0.3, 0.4) is 0 Å². The highest BCUT2D eigenvalue weighted by molar-refractivity contribution is 5.95. The highest BCUT2D eigenvalue weighted by Gasteiger charge is 2.13. The van der Waals surface area contributed by atoms with Crippen LogP contribution < -0.4 is 19.5 Å². The Bertz CT molecular complexity index is 1220. The van der Waals surface area contributed by atoms with Crippen molar-refractivity contribution in [1.29, 1.82) is 0 Å². The van der Waals surface area contributed by atoms with Gasteiger partial charge in [0.2, 0.25) is 0 Å². The van der Waals surface area contributed by atoms with E-state index in [0.717, 1.165) is 34.6 Å². The lowest BCUT2D eigenvalue weighted by Gasteiger charge is -2.15. The molecule has 9 nitrogen and oxygen atoms in total. The Hall–Kier alpha value is -3.85. The molecule has 2 aromatic carbocycles. The number of nitrogens with zero attached hydrogens (tertiary/aromatic N) is 4. The lowest BCUT2D eigenvalue weighted by molar-refractivity contribution is 0.263. The second-order valence-electron chi connectivity index (χ2n) is 7.73. The molecule has 0 atom stereocenters. The zero-order valence-corrected chi connectivity index (χ0v) is 19.2. The van der Waals surface area contributed by atoms with Crippen LogP contribution in [-0.2, 0) is 6.61 Å². The highest BCUT2D eigenvalue weighted by atomic mass is 16.5. The molecule has 0 saturated heterocycles. The van der Waals surface area contributed by atoms with Crippen LogP contribution in [0.25, 0.3) is 10.9 Å². The fourth-order valence-electron chi connectivity index (χ4n) is 3.27. The van der Waals surface area contributed by atoms with Gasteiger partial charge in [0, 0.05) is 24.4 Å². The normalized spacial score (nSPS) is 11.1. The molecule has 0 aliphatic carbocycles. The standard InChI is InChI=1S/C24H27N5O4/c1-16-12-18(28-33-16)14-32-20-9-8-17(13-22(20)30-4)27-24-23-19(25-15-26-24)6-5-7-21(23)31-11-10-29(2)3/h5-9,12-13,15H,10-11,14H2,1-4H3,(H,25,26,27). The maximum Gasteiger partial charge on any atom is 0.162 e. The van der Waals surface area contributed by atoms with E-state index in [1.165, 1.54) is 6.33 Å². The van der Waals surface area contributed by atoms with E-state index in [-0.39, 0.29) is 6.61 Å². The average molecular weight is 450 g/mol. The van der Waals surface area contributed by atoms with E-state index in [2.05, 4.69) is 25.3 Å². The van der Waals surface area contributed by atoms with Crippen LogP contribution in [0.15, 0.2) is 53.3 Å². The maximum absolute atomic E-state index is 6.03. The van der Waals surface area contributed by atoms with Gasteiger partial charge in [-0.1, -0.05) is 11.2 Å². The number of likely N-dealkylation sites (N-methyl/N-ethyl adjacent to an activating group) is 1. The van der Waals surface area contributed by atoms with E-state index in [4.69, 9.17) is 18.7 Å². The molecule has 33 heavy (non-hydrogen) atoms. The van der Waals surface area contributed by atoms with Gasteiger partial charge in [0.15, 0.2) is 11.5 Å². The summed E-state index contributed by atoms with van der Waals surface area (Å²) in [6, 6.07) is 13.2. The quantitative estimate of drug-likeness (QED) is 0.382. The Labute approximate surface area is 192 Å². The average Bonchev–Trinajstić information content (AvgIpc) is 3.23. The summed E-state index contributed by atoms with van der Waals surface area (Å²) in [5, 5.41) is 8.13. The molecule has 0 unspecified atom stereocenters. The van der Waals surface area contributed by atoms with Crippen LogP contribution in [0, 0.1) is 6.92 Å². The van der Waals surface area contributed by atoms with E-state index >= 15 is 0 Å². The van der Waals surface area contributed by atoms with Crippen molar-refractivity contribution in [3.05, 3.63) is 60.2 Å². The summed E-state index contributed by atoms with van der Waals surface area (Å²) in [6.45, 7) is 3.49. The highest BCUT2D eigenvalue weighted by Crippen LogP contribution is 2.35. The van der Waals surface area contributed by atoms with Gasteiger partial charge in [-0.15, -0.1) is 0 Å². The second-order valence-corrected chi connectivity index (χ2v) is 7.73. The maximum atomic E-state index is 6.03. The molecule has 172 valence electrons. The molecule has 2 aromatic heterocycles. The van der Waals surface area contributed by atoms with E-state index in [1.807, 2.05) is 63.5 Å². The molecule has 0 fully saturated rings. The van der Waals surface area contributed by atoms with Gasteiger partial charge in [-0.3, -0.25) is 0 Å². The molecule has 1 N–H and O–H groups in total. The van der Waals surface area contributed by atoms with E-state index in [1.54, 1.807) is 7.11 Å². The number of hydrogen-bond acceptors (Lipinski definition) is 9. The first kappa shape index (κ1) is 22.3. The fraction of sp³-hybridized carbons (Fsp3) is 0.292. The van der Waals surface area contributed by atoms with Crippen molar-refractivity contribution < 1.29 is 18.7 Å². The van der Waals surface area contributed by atoms with Crippen molar-refractivity contribution in [2.75, 3.05) is 39.7 Å². The van der Waals surface area contributed by atoms with Gasteiger partial charge in [-0.25, -0.2) is 9.97 Å². The Balaban J connectivity index is 1.56. The smallest absolute Gasteiger partial charge is 0.162 e. The first-order chi connectivity index (χ1) is 16.0. The van der Waals surface area contributed by atoms with Crippen LogP contribution in [0.2, 0.25) is 0 Å². The number of benzene rings is 2. The predicted molar refractivity (Wildman–Crippen MR) is 125 cm³/mol. The van der Waals surface area contributed by atoms with Gasteiger partial charge in [0.25, 0.3) is 0 Å². The molecule has 4 rings (SSSR count). The van der Waals surface area contributed by atoms with Crippen LogP contribution in [0.1, 0.15) is 11.5 Å². The molecule has 0 bridgehead atoms. The van der Waals surface area contributed by atoms with Crippen LogP contribution in [-0.4, -0.2) is 54.4 Å². The third-order valence-corrected chi connectivity index (χ3v) is 4.90. The molecule has 0 spiro atoms. The van der Waals surface area contributed by atoms with Crippen molar-refractivity contribution in [3.63, 3.8) is 0 Å². The number of methoxy groups -OCH3 is 1. The van der Waals surface area contributed by atoms with Crippen LogP contribution >= 0.6 is 0 Å². The number of nitrogens with one attached hydrogen (secondary N) is 1. The van der Waals surface area contributed by atoms with E-state index < -0.39 is 0 Å². The van der Waals surface area contributed by atoms with E-state index in [9.17, 15) is 0 Å². The largest absolute Gasteiger partial charge is 0.493 e. The van der Waals surface area contributed by atoms with Crippen LogP contribution in [0.5, 0.6) is 17.2 Å². The summed E-state index contributed by atoms with van der Waals surface area (Å²) in [5.74, 6) is 3.30. The number of hydrogen-bond donors (Lipinski definition) is 1. The summed E-state index contributed by atoms with van der Waals surface area (Å²) in [6.07, 6.45) is 1.53. The van der Waals surface area contributed by atoms with Crippen molar-refractivity contribution in [2.24, 2.45) is 0 Å². The third kappa shape index (κ3) is 5.50. The first-order valence-corrected chi connectivity index (χ1v) is 10.5. The van der Waals surface area contributed by atoms with Gasteiger partial charge < -0.3 is 29.0 Å². The van der Waals surface area contributed by atoms with Crippen molar-refractivity contribution in [1.82, 2.24) is 20.0 Å². The number of ether oxygens (including phenoxy) is 3. The molecule has 0 amide bonds. The summed E-state index contributed by atoms with van der Waals surface area (Å²) in [5.41, 5.74) is 2.30. The zero-order valence-electron chi connectivity index (χ0n) is 19.2. The van der Waals surface area contributed by atoms with Gasteiger partial charge in [0.1, 0.15) is 42.6 Å². The second kappa shape index (κ2) is 10.2. The predicted octanol–water partition coefficient (Wildman–Crippen LogP) is 4.20. The fourth-order valence-corrected chi connectivity index (χ4v) is 3.27. The molecule has 0 aliphatic rings. The minimum absolute atomic E-state index is 0.282. The molecular formula is C24H27N5O4. The molecule has 9 heteroatoms. The number of aromatic nitrogens is 3. The Morgan fingerprint density at radius 3 is 2.64 bits per heavy atom. The van der Waals surface area contributed by atoms with Crippen molar-refractivity contribution in [2.45, 2.75) is 13.5 Å². The van der Waals surface area contributed by atoms with Crippen LogP contribution in [0.4, 0.5) is 11.5 Å². The number of anilines is 2. The van der Waals surface area contributed by atoms with Crippen molar-refractivity contribution >= 4 is 22.4 Å². The Morgan fingerprint density at radius 2 is 1.88 bits per heavy atom. The number of aryl methyl sites for hydroxylation is 1. The molecule has 2 heterocycles. The third-order valence-electron chi connectivity index (χ3n) is 4.90. The van der Waals surface area contributed by atoms with Gasteiger partial charge in [0.05, 0.1) is 18.0 Å². The Morgan fingerprint density at radius 1 is 1.00 bits per heavy atom. The summed E-state index contributed by atoms with van der Waals surface area (Å²) < 4.78 is 22.5. The molecule has 4 aromatic rings. The zero-order chi connectivity index (χ0) is 23.2. The minimum atomic E-state index is 0.282. The van der Waals surface area contributed by atoms with Crippen molar-refractivity contribution in [3.8, 4) is 17.2 Å².